The lowest BCUT2D eigenvalue weighted by atomic mass is 10.1. The molecule has 86 valence electrons. The first kappa shape index (κ1) is 12.0. The van der Waals surface area contributed by atoms with E-state index >= 15 is 0 Å². The summed E-state index contributed by atoms with van der Waals surface area (Å²) >= 11 is 0. The van der Waals surface area contributed by atoms with Crippen LogP contribution in [0.3, 0.4) is 0 Å². The first-order chi connectivity index (χ1) is 7.08. The van der Waals surface area contributed by atoms with Crippen LogP contribution in [-0.2, 0) is 6.42 Å². The van der Waals surface area contributed by atoms with Gasteiger partial charge in [-0.15, -0.1) is 0 Å². The highest BCUT2D eigenvalue weighted by molar-refractivity contribution is 5.17. The smallest absolute Gasteiger partial charge is 0.321 e. The van der Waals surface area contributed by atoms with Gasteiger partial charge in [0.15, 0.2) is 5.82 Å². The van der Waals surface area contributed by atoms with Crippen LogP contribution >= 0.6 is 0 Å². The molecular weight excluding hydrogens is 190 g/mol. The van der Waals surface area contributed by atoms with E-state index in [1.54, 1.807) is 0 Å². The summed E-state index contributed by atoms with van der Waals surface area (Å²) in [5.74, 6) is 2.06. The highest BCUT2D eigenvalue weighted by Crippen LogP contribution is 2.09. The molecule has 0 bridgehead atoms. The number of hydrogen-bond acceptors (Lipinski definition) is 4. The van der Waals surface area contributed by atoms with Gasteiger partial charge in [0.2, 0.25) is 0 Å². The van der Waals surface area contributed by atoms with Crippen LogP contribution in [0.15, 0.2) is 4.52 Å². The van der Waals surface area contributed by atoms with Crippen molar-refractivity contribution in [2.75, 3.05) is 11.9 Å². The first-order valence-electron chi connectivity index (χ1n) is 5.64. The molecule has 0 saturated heterocycles. The summed E-state index contributed by atoms with van der Waals surface area (Å²) in [5.41, 5.74) is 0. The second-order valence-electron chi connectivity index (χ2n) is 4.72. The van der Waals surface area contributed by atoms with Gasteiger partial charge < -0.3 is 9.84 Å². The fourth-order valence-electron chi connectivity index (χ4n) is 1.14. The van der Waals surface area contributed by atoms with Crippen molar-refractivity contribution in [1.29, 1.82) is 0 Å². The molecule has 15 heavy (non-hydrogen) atoms. The zero-order chi connectivity index (χ0) is 11.3. The standard InChI is InChI=1S/C11H21N3O/c1-8(2)5-6-10-13-11(15-14-10)12-7-9(3)4/h8-9H,5-7H2,1-4H3,(H,12,13,14). The molecule has 4 nitrogen and oxygen atoms in total. The van der Waals surface area contributed by atoms with E-state index in [1.807, 2.05) is 0 Å². The van der Waals surface area contributed by atoms with Crippen LogP contribution in [0.25, 0.3) is 0 Å². The maximum Gasteiger partial charge on any atom is 0.321 e. The molecule has 0 atom stereocenters. The molecule has 0 amide bonds. The molecule has 4 heteroatoms. The minimum absolute atomic E-state index is 0.544. The second-order valence-corrected chi connectivity index (χ2v) is 4.72. The number of rotatable bonds is 6. The van der Waals surface area contributed by atoms with Crippen LogP contribution in [0.4, 0.5) is 6.01 Å². The van der Waals surface area contributed by atoms with E-state index in [9.17, 15) is 0 Å². The third kappa shape index (κ3) is 4.81. The molecule has 0 unspecified atom stereocenters. The van der Waals surface area contributed by atoms with Gasteiger partial charge in [0.05, 0.1) is 0 Å². The molecule has 0 fully saturated rings. The Morgan fingerprint density at radius 1 is 1.20 bits per heavy atom. The van der Waals surface area contributed by atoms with Gasteiger partial charge in [-0.3, -0.25) is 0 Å². The lowest BCUT2D eigenvalue weighted by Gasteiger charge is -2.02. The molecule has 1 heterocycles. The van der Waals surface area contributed by atoms with Gasteiger partial charge >= 0.3 is 6.01 Å². The summed E-state index contributed by atoms with van der Waals surface area (Å²) in [6.45, 7) is 9.54. The summed E-state index contributed by atoms with van der Waals surface area (Å²) in [7, 11) is 0. The summed E-state index contributed by atoms with van der Waals surface area (Å²) in [5, 5.41) is 7.03. The molecule has 0 saturated carbocycles. The lowest BCUT2D eigenvalue weighted by Crippen LogP contribution is -2.08. The Bertz CT molecular complexity index is 255. The zero-order valence-corrected chi connectivity index (χ0v) is 10.1. The SMILES string of the molecule is CC(C)CCc1noc(NCC(C)C)n1. The first-order valence-corrected chi connectivity index (χ1v) is 5.64. The average molecular weight is 211 g/mol. The van der Waals surface area contributed by atoms with Crippen LogP contribution in [-0.4, -0.2) is 16.7 Å². The maximum absolute atomic E-state index is 5.08. The average Bonchev–Trinajstić information content (AvgIpc) is 2.59. The van der Waals surface area contributed by atoms with E-state index in [0.29, 0.717) is 17.9 Å². The van der Waals surface area contributed by atoms with Gasteiger partial charge in [-0.2, -0.15) is 4.98 Å². The highest BCUT2D eigenvalue weighted by Gasteiger charge is 2.06. The van der Waals surface area contributed by atoms with Gasteiger partial charge in [0.1, 0.15) is 0 Å². The van der Waals surface area contributed by atoms with Crippen molar-refractivity contribution in [1.82, 2.24) is 10.1 Å². The van der Waals surface area contributed by atoms with Crippen molar-refractivity contribution < 1.29 is 4.52 Å². The van der Waals surface area contributed by atoms with E-state index in [0.717, 1.165) is 25.2 Å². The van der Waals surface area contributed by atoms with Gasteiger partial charge in [0.25, 0.3) is 0 Å². The predicted octanol–water partition coefficient (Wildman–Crippen LogP) is 2.73. The van der Waals surface area contributed by atoms with Crippen molar-refractivity contribution >= 4 is 6.01 Å². The number of anilines is 1. The Labute approximate surface area is 91.5 Å². The van der Waals surface area contributed by atoms with Gasteiger partial charge in [-0.1, -0.05) is 32.9 Å². The van der Waals surface area contributed by atoms with Crippen LogP contribution in [0, 0.1) is 11.8 Å². The topological polar surface area (TPSA) is 51.0 Å². The van der Waals surface area contributed by atoms with Crippen LogP contribution in [0.1, 0.15) is 39.9 Å². The van der Waals surface area contributed by atoms with Crippen molar-refractivity contribution in [2.24, 2.45) is 11.8 Å². The number of nitrogens with zero attached hydrogens (tertiary/aromatic N) is 2. The molecule has 0 aliphatic carbocycles. The van der Waals surface area contributed by atoms with Gasteiger partial charge in [-0.05, 0) is 18.3 Å². The Balaban J connectivity index is 2.35. The Kier molecular flexibility index (Phi) is 4.59. The number of aryl methyl sites for hydroxylation is 1. The summed E-state index contributed by atoms with van der Waals surface area (Å²) in [6, 6.07) is 0.544. The molecule has 0 aliphatic rings. The molecule has 1 rings (SSSR count). The molecular formula is C11H21N3O. The lowest BCUT2D eigenvalue weighted by molar-refractivity contribution is 0.417. The van der Waals surface area contributed by atoms with Crippen LogP contribution in [0.5, 0.6) is 0 Å². The van der Waals surface area contributed by atoms with Crippen LogP contribution in [0.2, 0.25) is 0 Å². The predicted molar refractivity (Wildman–Crippen MR) is 60.8 cm³/mol. The fourth-order valence-corrected chi connectivity index (χ4v) is 1.14. The summed E-state index contributed by atoms with van der Waals surface area (Å²) in [4.78, 5) is 4.27. The molecule has 0 spiro atoms. The number of nitrogens with one attached hydrogen (secondary N) is 1. The van der Waals surface area contributed by atoms with Crippen molar-refractivity contribution in [3.05, 3.63) is 5.82 Å². The maximum atomic E-state index is 5.08. The Morgan fingerprint density at radius 2 is 1.93 bits per heavy atom. The molecule has 0 aromatic carbocycles. The molecule has 0 radical (unpaired) electrons. The molecule has 0 aliphatic heterocycles. The Hall–Kier alpha value is -1.06. The third-order valence-corrected chi connectivity index (χ3v) is 2.07. The molecule has 1 aromatic heterocycles. The minimum atomic E-state index is 0.544. The van der Waals surface area contributed by atoms with Gasteiger partial charge in [0, 0.05) is 13.0 Å². The normalized spacial score (nSPS) is 11.3. The highest BCUT2D eigenvalue weighted by atomic mass is 16.5. The summed E-state index contributed by atoms with van der Waals surface area (Å²) < 4.78 is 5.08. The zero-order valence-electron chi connectivity index (χ0n) is 10.1. The van der Waals surface area contributed by atoms with E-state index in [4.69, 9.17) is 4.52 Å². The van der Waals surface area contributed by atoms with E-state index in [2.05, 4.69) is 43.2 Å². The monoisotopic (exact) mass is 211 g/mol. The third-order valence-electron chi connectivity index (χ3n) is 2.07. The Morgan fingerprint density at radius 3 is 2.53 bits per heavy atom. The molecule has 1 N–H and O–H groups in total. The molecule has 1 aromatic rings. The largest absolute Gasteiger partial charge is 0.338 e. The van der Waals surface area contributed by atoms with Crippen molar-refractivity contribution in [3.63, 3.8) is 0 Å². The van der Waals surface area contributed by atoms with Crippen molar-refractivity contribution in [2.45, 2.75) is 40.5 Å². The van der Waals surface area contributed by atoms with E-state index < -0.39 is 0 Å². The number of hydrogen-bond donors (Lipinski definition) is 1. The van der Waals surface area contributed by atoms with E-state index in [-0.39, 0.29) is 0 Å². The number of aromatic nitrogens is 2. The van der Waals surface area contributed by atoms with Crippen LogP contribution < -0.4 is 5.32 Å². The van der Waals surface area contributed by atoms with Crippen molar-refractivity contribution in [3.8, 4) is 0 Å². The fraction of sp³-hybridized carbons (Fsp3) is 0.818. The second kappa shape index (κ2) is 5.73. The quantitative estimate of drug-likeness (QED) is 0.786. The summed E-state index contributed by atoms with van der Waals surface area (Å²) in [6.07, 6.45) is 1.99. The van der Waals surface area contributed by atoms with Gasteiger partial charge in [-0.25, -0.2) is 0 Å². The van der Waals surface area contributed by atoms with E-state index in [1.165, 1.54) is 0 Å². The minimum Gasteiger partial charge on any atom is -0.338 e.